The Bertz CT molecular complexity index is 1010. The number of halogens is 3. The molecule has 0 atom stereocenters. The maximum atomic E-state index is 13.3. The number of anilines is 2. The van der Waals surface area contributed by atoms with Gasteiger partial charge in [0.1, 0.15) is 0 Å². The van der Waals surface area contributed by atoms with Gasteiger partial charge in [-0.25, -0.2) is 0 Å². The molecule has 1 saturated carbocycles. The van der Waals surface area contributed by atoms with Crippen molar-refractivity contribution in [2.45, 2.75) is 44.3 Å². The Morgan fingerprint density at radius 3 is 2.15 bits per heavy atom. The molecular formula is C25H29F3N2O4. The molecule has 0 saturated heterocycles. The van der Waals surface area contributed by atoms with Crippen LogP contribution in [0.1, 0.15) is 43.2 Å². The molecule has 1 aliphatic carbocycles. The first kappa shape index (κ1) is 25.3. The standard InChI is InChI=1S/C25H29F3N2O4/c1-32-21-13-16(14-22(33-2)24(21)34-3)9-12-23(31)30-20-15-17(25(26,27)28)10-11-19(20)29-18-7-5-4-6-8-18/h9-15,18,29H,4-8H2,1-3H3,(H,30,31)/b12-9+. The fraction of sp³-hybridized carbons (Fsp3) is 0.400. The number of nitrogens with one attached hydrogen (secondary N) is 2. The van der Waals surface area contributed by atoms with E-state index in [1.807, 2.05) is 0 Å². The van der Waals surface area contributed by atoms with Crippen molar-refractivity contribution in [1.29, 1.82) is 0 Å². The fourth-order valence-corrected chi connectivity index (χ4v) is 3.96. The van der Waals surface area contributed by atoms with Gasteiger partial charge in [0.25, 0.3) is 0 Å². The van der Waals surface area contributed by atoms with Crippen LogP contribution in [0, 0.1) is 0 Å². The van der Waals surface area contributed by atoms with Crippen LogP contribution in [0.4, 0.5) is 24.5 Å². The second-order valence-electron chi connectivity index (χ2n) is 8.02. The summed E-state index contributed by atoms with van der Waals surface area (Å²) in [5, 5.41) is 5.88. The molecule has 0 heterocycles. The monoisotopic (exact) mass is 478 g/mol. The normalized spacial score (nSPS) is 14.6. The van der Waals surface area contributed by atoms with Crippen LogP contribution >= 0.6 is 0 Å². The molecule has 1 fully saturated rings. The first-order valence-corrected chi connectivity index (χ1v) is 11.0. The predicted molar refractivity (Wildman–Crippen MR) is 126 cm³/mol. The molecule has 9 heteroatoms. The first-order valence-electron chi connectivity index (χ1n) is 11.0. The Kier molecular flexibility index (Phi) is 8.31. The van der Waals surface area contributed by atoms with Crippen molar-refractivity contribution in [2.75, 3.05) is 32.0 Å². The topological polar surface area (TPSA) is 68.8 Å². The summed E-state index contributed by atoms with van der Waals surface area (Å²) in [6.45, 7) is 0. The molecule has 0 radical (unpaired) electrons. The molecule has 2 aromatic rings. The van der Waals surface area contributed by atoms with Gasteiger partial charge in [-0.1, -0.05) is 19.3 Å². The van der Waals surface area contributed by atoms with Crippen LogP contribution in [0.25, 0.3) is 6.08 Å². The maximum Gasteiger partial charge on any atom is 0.416 e. The van der Waals surface area contributed by atoms with Crippen molar-refractivity contribution in [2.24, 2.45) is 0 Å². The summed E-state index contributed by atoms with van der Waals surface area (Å²) in [6.07, 6.45) is 3.41. The number of alkyl halides is 3. The molecule has 2 N–H and O–H groups in total. The van der Waals surface area contributed by atoms with Gasteiger partial charge < -0.3 is 24.8 Å². The van der Waals surface area contributed by atoms with Gasteiger partial charge in [-0.2, -0.15) is 13.2 Å². The highest BCUT2D eigenvalue weighted by Crippen LogP contribution is 2.39. The third-order valence-corrected chi connectivity index (χ3v) is 5.68. The maximum absolute atomic E-state index is 13.3. The average Bonchev–Trinajstić information content (AvgIpc) is 2.83. The lowest BCUT2D eigenvalue weighted by molar-refractivity contribution is -0.137. The van der Waals surface area contributed by atoms with Gasteiger partial charge >= 0.3 is 6.18 Å². The van der Waals surface area contributed by atoms with E-state index in [9.17, 15) is 18.0 Å². The van der Waals surface area contributed by atoms with E-state index in [4.69, 9.17) is 14.2 Å². The Hall–Kier alpha value is -3.36. The number of carbonyl (C=O) groups excluding carboxylic acids is 1. The van der Waals surface area contributed by atoms with Crippen LogP contribution in [0.5, 0.6) is 17.2 Å². The van der Waals surface area contributed by atoms with Gasteiger partial charge in [-0.15, -0.1) is 0 Å². The molecule has 3 rings (SSSR count). The second kappa shape index (κ2) is 11.2. The van der Waals surface area contributed by atoms with E-state index < -0.39 is 17.6 Å². The zero-order valence-corrected chi connectivity index (χ0v) is 19.4. The molecule has 2 aromatic carbocycles. The van der Waals surface area contributed by atoms with Crippen LogP contribution in [-0.2, 0) is 11.0 Å². The van der Waals surface area contributed by atoms with Crippen LogP contribution in [-0.4, -0.2) is 33.3 Å². The minimum absolute atomic E-state index is 0.0833. The lowest BCUT2D eigenvalue weighted by atomic mass is 9.95. The van der Waals surface area contributed by atoms with Crippen molar-refractivity contribution in [3.63, 3.8) is 0 Å². The van der Waals surface area contributed by atoms with Gasteiger partial charge in [-0.05, 0) is 54.8 Å². The van der Waals surface area contributed by atoms with E-state index in [0.29, 0.717) is 28.5 Å². The molecule has 0 bridgehead atoms. The molecular weight excluding hydrogens is 449 g/mol. The largest absolute Gasteiger partial charge is 0.493 e. The Morgan fingerprint density at radius 2 is 1.59 bits per heavy atom. The molecule has 0 spiro atoms. The summed E-state index contributed by atoms with van der Waals surface area (Å²) in [7, 11) is 4.44. The van der Waals surface area contributed by atoms with Gasteiger partial charge in [-0.3, -0.25) is 4.79 Å². The minimum Gasteiger partial charge on any atom is -0.493 e. The van der Waals surface area contributed by atoms with Gasteiger partial charge in [0, 0.05) is 12.1 Å². The zero-order chi connectivity index (χ0) is 24.7. The molecule has 34 heavy (non-hydrogen) atoms. The van der Waals surface area contributed by atoms with E-state index in [1.54, 1.807) is 12.1 Å². The molecule has 6 nitrogen and oxygen atoms in total. The van der Waals surface area contributed by atoms with Crippen molar-refractivity contribution < 1.29 is 32.2 Å². The van der Waals surface area contributed by atoms with Crippen molar-refractivity contribution >= 4 is 23.4 Å². The molecule has 0 aromatic heterocycles. The zero-order valence-electron chi connectivity index (χ0n) is 19.4. The third kappa shape index (κ3) is 6.36. The summed E-state index contributed by atoms with van der Waals surface area (Å²) in [6, 6.07) is 6.83. The number of methoxy groups -OCH3 is 3. The van der Waals surface area contributed by atoms with Gasteiger partial charge in [0.15, 0.2) is 11.5 Å². The van der Waals surface area contributed by atoms with Crippen LogP contribution < -0.4 is 24.8 Å². The third-order valence-electron chi connectivity index (χ3n) is 5.68. The number of benzene rings is 2. The van der Waals surface area contributed by atoms with Gasteiger partial charge in [0.2, 0.25) is 11.7 Å². The number of ether oxygens (including phenoxy) is 3. The number of hydrogen-bond acceptors (Lipinski definition) is 5. The highest BCUT2D eigenvalue weighted by Gasteiger charge is 2.31. The quantitative estimate of drug-likeness (QED) is 0.447. The lowest BCUT2D eigenvalue weighted by Gasteiger charge is -2.25. The lowest BCUT2D eigenvalue weighted by Crippen LogP contribution is -2.23. The van der Waals surface area contributed by atoms with E-state index in [2.05, 4.69) is 10.6 Å². The summed E-state index contributed by atoms with van der Waals surface area (Å²) in [5.41, 5.74) is 0.314. The SMILES string of the molecule is COc1cc(/C=C/C(=O)Nc2cc(C(F)(F)F)ccc2NC2CCCCC2)cc(OC)c1OC. The van der Waals surface area contributed by atoms with E-state index in [0.717, 1.165) is 44.2 Å². The van der Waals surface area contributed by atoms with Gasteiger partial charge in [0.05, 0.1) is 38.3 Å². The fourth-order valence-electron chi connectivity index (χ4n) is 3.96. The van der Waals surface area contributed by atoms with Crippen molar-refractivity contribution in [1.82, 2.24) is 0 Å². The summed E-state index contributed by atoms with van der Waals surface area (Å²) >= 11 is 0. The summed E-state index contributed by atoms with van der Waals surface area (Å²) in [4.78, 5) is 12.6. The first-order chi connectivity index (χ1) is 16.2. The molecule has 0 unspecified atom stereocenters. The number of rotatable bonds is 8. The number of carbonyl (C=O) groups is 1. The highest BCUT2D eigenvalue weighted by molar-refractivity contribution is 6.04. The van der Waals surface area contributed by atoms with Crippen LogP contribution in [0.2, 0.25) is 0 Å². The summed E-state index contributed by atoms with van der Waals surface area (Å²) in [5.74, 6) is 0.672. The Balaban J connectivity index is 1.83. The molecule has 1 amide bonds. The summed E-state index contributed by atoms with van der Waals surface area (Å²) < 4.78 is 55.7. The molecule has 1 aliphatic rings. The number of hydrogen-bond donors (Lipinski definition) is 2. The Labute approximate surface area is 197 Å². The van der Waals surface area contributed by atoms with Crippen LogP contribution in [0.15, 0.2) is 36.4 Å². The van der Waals surface area contributed by atoms with E-state index in [-0.39, 0.29) is 11.7 Å². The highest BCUT2D eigenvalue weighted by atomic mass is 19.4. The number of amides is 1. The van der Waals surface area contributed by atoms with E-state index in [1.165, 1.54) is 39.5 Å². The van der Waals surface area contributed by atoms with E-state index >= 15 is 0 Å². The van der Waals surface area contributed by atoms with Crippen LogP contribution in [0.3, 0.4) is 0 Å². The molecule has 0 aliphatic heterocycles. The Morgan fingerprint density at radius 1 is 0.941 bits per heavy atom. The average molecular weight is 479 g/mol. The molecule has 184 valence electrons. The minimum atomic E-state index is -4.52. The smallest absolute Gasteiger partial charge is 0.416 e. The van der Waals surface area contributed by atoms with Crippen molar-refractivity contribution in [3.8, 4) is 17.2 Å². The second-order valence-corrected chi connectivity index (χ2v) is 8.02. The van der Waals surface area contributed by atoms with Crippen molar-refractivity contribution in [3.05, 3.63) is 47.5 Å². The predicted octanol–water partition coefficient (Wildman–Crippen LogP) is 6.13.